The molecule has 1 rings (SSSR count). The average molecular weight is 162 g/mol. The van der Waals surface area contributed by atoms with Crippen LogP contribution in [0.1, 0.15) is 6.92 Å². The summed E-state index contributed by atoms with van der Waals surface area (Å²) in [5.74, 6) is -0.0868. The number of amides is 1. The second kappa shape index (κ2) is 3.67. The van der Waals surface area contributed by atoms with E-state index in [1.807, 2.05) is 12.1 Å². The summed E-state index contributed by atoms with van der Waals surface area (Å²) >= 11 is 0. The Morgan fingerprint density at radius 1 is 1.58 bits per heavy atom. The zero-order valence-electron chi connectivity index (χ0n) is 6.87. The smallest absolute Gasteiger partial charge is 0.221 e. The summed E-state index contributed by atoms with van der Waals surface area (Å²) in [6.45, 7) is 4.85. The first-order valence-corrected chi connectivity index (χ1v) is 3.57. The zero-order chi connectivity index (χ0) is 8.97. The average Bonchev–Trinajstić information content (AvgIpc) is 2.03. The third-order valence-electron chi connectivity index (χ3n) is 1.35. The Bertz CT molecular complexity index is 307. The molecule has 0 unspecified atom stereocenters. The SMILES string of the molecule is C=Nc1cccc(NC(C)=O)c1. The van der Waals surface area contributed by atoms with E-state index in [4.69, 9.17) is 0 Å². The van der Waals surface area contributed by atoms with E-state index in [-0.39, 0.29) is 5.91 Å². The number of nitrogens with one attached hydrogen (secondary N) is 1. The molecule has 1 aromatic rings. The topological polar surface area (TPSA) is 41.5 Å². The second-order valence-electron chi connectivity index (χ2n) is 2.39. The lowest BCUT2D eigenvalue weighted by Gasteiger charge is -2.01. The highest BCUT2D eigenvalue weighted by Gasteiger charge is 1.94. The van der Waals surface area contributed by atoms with Crippen molar-refractivity contribution in [3.8, 4) is 0 Å². The molecule has 3 heteroatoms. The largest absolute Gasteiger partial charge is 0.326 e. The van der Waals surface area contributed by atoms with Gasteiger partial charge in [0, 0.05) is 12.6 Å². The fourth-order valence-corrected chi connectivity index (χ4v) is 0.885. The van der Waals surface area contributed by atoms with Gasteiger partial charge in [-0.05, 0) is 24.9 Å². The van der Waals surface area contributed by atoms with Crippen molar-refractivity contribution in [2.45, 2.75) is 6.92 Å². The molecule has 0 bridgehead atoms. The van der Waals surface area contributed by atoms with Crippen molar-refractivity contribution in [2.24, 2.45) is 4.99 Å². The van der Waals surface area contributed by atoms with Crippen molar-refractivity contribution < 1.29 is 4.79 Å². The van der Waals surface area contributed by atoms with E-state index in [2.05, 4.69) is 17.0 Å². The summed E-state index contributed by atoms with van der Waals surface area (Å²) < 4.78 is 0. The van der Waals surface area contributed by atoms with Crippen LogP contribution in [-0.2, 0) is 4.79 Å². The molecule has 0 fully saturated rings. The highest BCUT2D eigenvalue weighted by atomic mass is 16.1. The Kier molecular flexibility index (Phi) is 2.58. The molecule has 1 amide bonds. The second-order valence-corrected chi connectivity index (χ2v) is 2.39. The van der Waals surface area contributed by atoms with Crippen LogP contribution in [0.3, 0.4) is 0 Å². The van der Waals surface area contributed by atoms with Crippen LogP contribution in [0.4, 0.5) is 11.4 Å². The Morgan fingerprint density at radius 3 is 2.92 bits per heavy atom. The molecule has 0 aromatic heterocycles. The number of carbonyl (C=O) groups excluding carboxylic acids is 1. The number of rotatable bonds is 2. The number of aliphatic imine (C=N–C) groups is 1. The lowest BCUT2D eigenvalue weighted by atomic mass is 10.3. The van der Waals surface area contributed by atoms with Crippen LogP contribution in [0.25, 0.3) is 0 Å². The lowest BCUT2D eigenvalue weighted by Crippen LogP contribution is -2.04. The van der Waals surface area contributed by atoms with Crippen LogP contribution in [0.5, 0.6) is 0 Å². The Morgan fingerprint density at radius 2 is 2.33 bits per heavy atom. The molecular weight excluding hydrogens is 152 g/mol. The first-order chi connectivity index (χ1) is 5.72. The van der Waals surface area contributed by atoms with E-state index in [1.165, 1.54) is 6.92 Å². The number of nitrogens with zero attached hydrogens (tertiary/aromatic N) is 1. The standard InChI is InChI=1S/C9H10N2O/c1-7(12)11-9-5-3-4-8(6-9)10-2/h3-6H,2H2,1H3,(H,11,12). The van der Waals surface area contributed by atoms with Crippen LogP contribution in [0.2, 0.25) is 0 Å². The fraction of sp³-hybridized carbons (Fsp3) is 0.111. The Labute approximate surface area is 71.1 Å². The first kappa shape index (κ1) is 8.46. The molecule has 0 aliphatic heterocycles. The van der Waals surface area contributed by atoms with Crippen molar-refractivity contribution in [1.82, 2.24) is 0 Å². The molecule has 0 saturated heterocycles. The Hall–Kier alpha value is -1.64. The molecule has 0 spiro atoms. The maximum atomic E-state index is 10.7. The van der Waals surface area contributed by atoms with E-state index in [9.17, 15) is 4.79 Å². The summed E-state index contributed by atoms with van der Waals surface area (Å²) in [5, 5.41) is 2.65. The summed E-state index contributed by atoms with van der Waals surface area (Å²) in [4.78, 5) is 14.4. The highest BCUT2D eigenvalue weighted by Crippen LogP contribution is 2.16. The maximum absolute atomic E-state index is 10.7. The first-order valence-electron chi connectivity index (χ1n) is 3.57. The normalized spacial score (nSPS) is 9.08. The van der Waals surface area contributed by atoms with E-state index >= 15 is 0 Å². The number of carbonyl (C=O) groups is 1. The summed E-state index contributed by atoms with van der Waals surface area (Å²) in [6, 6.07) is 7.19. The molecular formula is C9H10N2O. The number of benzene rings is 1. The molecule has 3 nitrogen and oxygen atoms in total. The van der Waals surface area contributed by atoms with E-state index in [1.54, 1.807) is 12.1 Å². The van der Waals surface area contributed by atoms with Gasteiger partial charge in [-0.15, -0.1) is 0 Å². The van der Waals surface area contributed by atoms with Gasteiger partial charge in [-0.25, -0.2) is 0 Å². The van der Waals surface area contributed by atoms with Gasteiger partial charge in [0.2, 0.25) is 5.91 Å². The van der Waals surface area contributed by atoms with Gasteiger partial charge in [0.05, 0.1) is 5.69 Å². The minimum Gasteiger partial charge on any atom is -0.326 e. The summed E-state index contributed by atoms with van der Waals surface area (Å²) in [6.07, 6.45) is 0. The van der Waals surface area contributed by atoms with E-state index < -0.39 is 0 Å². The molecule has 1 N–H and O–H groups in total. The summed E-state index contributed by atoms with van der Waals surface area (Å²) in [7, 11) is 0. The third kappa shape index (κ3) is 2.20. The molecule has 62 valence electrons. The molecule has 0 saturated carbocycles. The van der Waals surface area contributed by atoms with Crippen molar-refractivity contribution >= 4 is 24.0 Å². The Balaban J connectivity index is 2.86. The zero-order valence-corrected chi connectivity index (χ0v) is 6.87. The van der Waals surface area contributed by atoms with Crippen molar-refractivity contribution in [3.05, 3.63) is 24.3 Å². The van der Waals surface area contributed by atoms with Gasteiger partial charge >= 0.3 is 0 Å². The number of hydrogen-bond acceptors (Lipinski definition) is 2. The van der Waals surface area contributed by atoms with Gasteiger partial charge < -0.3 is 5.32 Å². The van der Waals surface area contributed by atoms with E-state index in [0.717, 1.165) is 11.4 Å². The van der Waals surface area contributed by atoms with Gasteiger partial charge in [0.15, 0.2) is 0 Å². The predicted octanol–water partition coefficient (Wildman–Crippen LogP) is 1.98. The van der Waals surface area contributed by atoms with Crippen molar-refractivity contribution in [3.63, 3.8) is 0 Å². The monoisotopic (exact) mass is 162 g/mol. The fourth-order valence-electron chi connectivity index (χ4n) is 0.885. The minimum atomic E-state index is -0.0868. The van der Waals surface area contributed by atoms with Crippen LogP contribution in [-0.4, -0.2) is 12.6 Å². The van der Waals surface area contributed by atoms with Gasteiger partial charge in [-0.2, -0.15) is 0 Å². The molecule has 0 aliphatic carbocycles. The lowest BCUT2D eigenvalue weighted by molar-refractivity contribution is -0.114. The third-order valence-corrected chi connectivity index (χ3v) is 1.35. The number of anilines is 1. The van der Waals surface area contributed by atoms with Crippen LogP contribution in [0.15, 0.2) is 29.3 Å². The quantitative estimate of drug-likeness (QED) is 0.664. The molecule has 0 heterocycles. The highest BCUT2D eigenvalue weighted by molar-refractivity contribution is 5.89. The molecule has 0 aliphatic rings. The summed E-state index contributed by atoms with van der Waals surface area (Å²) in [5.41, 5.74) is 1.49. The van der Waals surface area contributed by atoms with E-state index in [0.29, 0.717) is 0 Å². The van der Waals surface area contributed by atoms with Crippen molar-refractivity contribution in [2.75, 3.05) is 5.32 Å². The van der Waals surface area contributed by atoms with Crippen LogP contribution in [0, 0.1) is 0 Å². The molecule has 0 radical (unpaired) electrons. The number of hydrogen-bond donors (Lipinski definition) is 1. The van der Waals surface area contributed by atoms with Gasteiger partial charge in [0.1, 0.15) is 0 Å². The predicted molar refractivity (Wildman–Crippen MR) is 50.0 cm³/mol. The minimum absolute atomic E-state index is 0.0868. The van der Waals surface area contributed by atoms with Crippen molar-refractivity contribution in [1.29, 1.82) is 0 Å². The van der Waals surface area contributed by atoms with Gasteiger partial charge in [0.25, 0.3) is 0 Å². The molecule has 12 heavy (non-hydrogen) atoms. The maximum Gasteiger partial charge on any atom is 0.221 e. The molecule has 0 atom stereocenters. The van der Waals surface area contributed by atoms with Gasteiger partial charge in [-0.1, -0.05) is 6.07 Å². The van der Waals surface area contributed by atoms with Crippen LogP contribution >= 0.6 is 0 Å². The molecule has 1 aromatic carbocycles. The van der Waals surface area contributed by atoms with Gasteiger partial charge in [-0.3, -0.25) is 9.79 Å². The van der Waals surface area contributed by atoms with Crippen LogP contribution < -0.4 is 5.32 Å².